The summed E-state index contributed by atoms with van der Waals surface area (Å²) in [5, 5.41) is 0. The summed E-state index contributed by atoms with van der Waals surface area (Å²) in [5.41, 5.74) is -0.131. The van der Waals surface area contributed by atoms with Crippen molar-refractivity contribution < 1.29 is 31.2 Å². The second-order valence-corrected chi connectivity index (χ2v) is 10.4. The van der Waals surface area contributed by atoms with Gasteiger partial charge in [0.1, 0.15) is 5.92 Å². The molecule has 0 aromatic heterocycles. The summed E-state index contributed by atoms with van der Waals surface area (Å²) in [6.07, 6.45) is 2.54. The Kier molecular flexibility index (Phi) is 5.29. The van der Waals surface area contributed by atoms with Crippen molar-refractivity contribution in [3.63, 3.8) is 0 Å². The first-order valence-corrected chi connectivity index (χ1v) is 11.5. The van der Waals surface area contributed by atoms with Crippen molar-refractivity contribution in [3.05, 3.63) is 29.3 Å². The maximum Gasteiger partial charge on any atom is 0.181 e. The lowest BCUT2D eigenvalue weighted by Crippen LogP contribution is -2.35. The van der Waals surface area contributed by atoms with Crippen LogP contribution in [0.3, 0.4) is 0 Å². The van der Waals surface area contributed by atoms with Crippen LogP contribution in [-0.4, -0.2) is 46.7 Å². The highest BCUT2D eigenvalue weighted by Crippen LogP contribution is 2.26. The second-order valence-electron chi connectivity index (χ2n) is 6.24. The van der Waals surface area contributed by atoms with Gasteiger partial charge < -0.3 is 0 Å². The molecule has 0 radical (unpaired) electrons. The van der Waals surface area contributed by atoms with E-state index in [0.29, 0.717) is 6.42 Å². The molecule has 0 saturated heterocycles. The second kappa shape index (κ2) is 6.80. The highest BCUT2D eigenvalue weighted by Gasteiger charge is 2.37. The number of carbonyl (C=O) groups is 3. The molecule has 0 unspecified atom stereocenters. The van der Waals surface area contributed by atoms with Gasteiger partial charge in [-0.25, -0.2) is 16.8 Å². The van der Waals surface area contributed by atoms with Crippen molar-refractivity contribution in [2.45, 2.75) is 29.9 Å². The molecule has 0 amide bonds. The smallest absolute Gasteiger partial charge is 0.181 e. The average molecular weight is 386 g/mol. The largest absolute Gasteiger partial charge is 0.298 e. The lowest BCUT2D eigenvalue weighted by molar-refractivity contribution is -0.133. The first-order valence-electron chi connectivity index (χ1n) is 7.50. The molecular weight excluding hydrogens is 368 g/mol. The first-order chi connectivity index (χ1) is 11.4. The molecule has 0 heterocycles. The predicted octanol–water partition coefficient (Wildman–Crippen LogP) is 0.756. The van der Waals surface area contributed by atoms with Crippen LogP contribution in [0.4, 0.5) is 0 Å². The Morgan fingerprint density at radius 2 is 1.60 bits per heavy atom. The van der Waals surface area contributed by atoms with Gasteiger partial charge in [0.2, 0.25) is 0 Å². The molecule has 0 N–H and O–H groups in total. The van der Waals surface area contributed by atoms with Gasteiger partial charge in [-0.1, -0.05) is 0 Å². The van der Waals surface area contributed by atoms with Crippen molar-refractivity contribution in [1.82, 2.24) is 0 Å². The summed E-state index contributed by atoms with van der Waals surface area (Å²) >= 11 is 0. The number of Topliss-reactive ketones (excluding diaryl/α,β-unsaturated/α-hetero) is 3. The van der Waals surface area contributed by atoms with Gasteiger partial charge in [0.05, 0.1) is 10.6 Å². The Bertz CT molecular complexity index is 940. The highest BCUT2D eigenvalue weighted by atomic mass is 32.2. The molecule has 136 valence electrons. The van der Waals surface area contributed by atoms with Crippen LogP contribution in [0.15, 0.2) is 23.1 Å². The highest BCUT2D eigenvalue weighted by molar-refractivity contribution is 7.90. The molecule has 1 saturated carbocycles. The van der Waals surface area contributed by atoms with E-state index in [9.17, 15) is 31.2 Å². The molecule has 2 rings (SSSR count). The van der Waals surface area contributed by atoms with Crippen LogP contribution in [0.25, 0.3) is 0 Å². The maximum atomic E-state index is 12.7. The van der Waals surface area contributed by atoms with Crippen molar-refractivity contribution in [3.8, 4) is 0 Å². The van der Waals surface area contributed by atoms with Gasteiger partial charge in [0, 0.05) is 30.9 Å². The summed E-state index contributed by atoms with van der Waals surface area (Å²) in [7, 11) is -7.18. The number of rotatable bonds is 5. The van der Waals surface area contributed by atoms with E-state index in [0.717, 1.165) is 18.6 Å². The van der Waals surface area contributed by atoms with Gasteiger partial charge in [0.25, 0.3) is 0 Å². The number of benzene rings is 1. The Hall–Kier alpha value is -1.87. The fraction of sp³-hybridized carbons (Fsp3) is 0.438. The minimum Gasteiger partial charge on any atom is -0.298 e. The molecule has 0 atom stereocenters. The van der Waals surface area contributed by atoms with E-state index < -0.39 is 48.7 Å². The van der Waals surface area contributed by atoms with Crippen molar-refractivity contribution in [2.75, 3.05) is 12.5 Å². The lowest BCUT2D eigenvalue weighted by Gasteiger charge is -2.19. The number of sulfone groups is 2. The molecule has 0 aliphatic heterocycles. The zero-order chi connectivity index (χ0) is 19.0. The van der Waals surface area contributed by atoms with Gasteiger partial charge in [-0.2, -0.15) is 0 Å². The van der Waals surface area contributed by atoms with E-state index in [4.69, 9.17) is 0 Å². The van der Waals surface area contributed by atoms with Crippen LogP contribution in [-0.2, 0) is 35.0 Å². The van der Waals surface area contributed by atoms with Crippen molar-refractivity contribution in [2.24, 2.45) is 5.92 Å². The quantitative estimate of drug-likeness (QED) is 0.541. The Morgan fingerprint density at radius 1 is 1.04 bits per heavy atom. The third kappa shape index (κ3) is 4.60. The molecule has 0 spiro atoms. The Balaban J connectivity index is 2.57. The van der Waals surface area contributed by atoms with E-state index in [1.165, 1.54) is 12.1 Å². The molecule has 0 bridgehead atoms. The predicted molar refractivity (Wildman–Crippen MR) is 89.8 cm³/mol. The van der Waals surface area contributed by atoms with Crippen molar-refractivity contribution >= 4 is 37.0 Å². The minimum atomic E-state index is -3.61. The summed E-state index contributed by atoms with van der Waals surface area (Å²) in [4.78, 5) is 36.5. The molecular formula is C16H18O7S2. The van der Waals surface area contributed by atoms with Crippen LogP contribution in [0.2, 0.25) is 0 Å². The Morgan fingerprint density at radius 3 is 2.08 bits per heavy atom. The van der Waals surface area contributed by atoms with E-state index in [1.54, 1.807) is 0 Å². The zero-order valence-corrected chi connectivity index (χ0v) is 15.4. The van der Waals surface area contributed by atoms with Crippen molar-refractivity contribution in [1.29, 1.82) is 0 Å². The number of hydrogen-bond acceptors (Lipinski definition) is 7. The average Bonchev–Trinajstić information content (AvgIpc) is 2.44. The number of ketones is 3. The van der Waals surface area contributed by atoms with Gasteiger partial charge in [-0.05, 0) is 30.2 Å². The SMILES string of the molecule is CS(=O)(=O)Cc1cc(S(C)(=O)=O)ccc1C(=O)C1C(=O)CCCC1=O. The standard InChI is InChI=1S/C16H18O7S2/c1-24(20,21)9-10-8-11(25(2,22)23)6-7-12(10)16(19)15-13(17)4-3-5-14(15)18/h6-8,15H,3-5,9H2,1-2H3. The molecule has 9 heteroatoms. The fourth-order valence-electron chi connectivity index (χ4n) is 2.80. The van der Waals surface area contributed by atoms with Gasteiger partial charge in [-0.15, -0.1) is 0 Å². The summed E-state index contributed by atoms with van der Waals surface area (Å²) < 4.78 is 46.7. The number of hydrogen-bond donors (Lipinski definition) is 0. The van der Waals surface area contributed by atoms with Crippen LogP contribution in [0.5, 0.6) is 0 Å². The molecule has 7 nitrogen and oxygen atoms in total. The Labute approximate surface area is 146 Å². The zero-order valence-electron chi connectivity index (χ0n) is 13.8. The third-order valence-corrected chi connectivity index (χ3v) is 5.89. The topological polar surface area (TPSA) is 119 Å². The van der Waals surface area contributed by atoms with Crippen LogP contribution in [0, 0.1) is 5.92 Å². The molecule has 1 aromatic rings. The normalized spacial score (nSPS) is 16.9. The molecule has 25 heavy (non-hydrogen) atoms. The van der Waals surface area contributed by atoms with Gasteiger partial charge in [-0.3, -0.25) is 14.4 Å². The van der Waals surface area contributed by atoms with Crippen LogP contribution >= 0.6 is 0 Å². The minimum absolute atomic E-state index is 0.0263. The third-order valence-electron chi connectivity index (χ3n) is 3.94. The molecule has 1 aliphatic carbocycles. The van der Waals surface area contributed by atoms with E-state index >= 15 is 0 Å². The van der Waals surface area contributed by atoms with E-state index in [-0.39, 0.29) is 28.9 Å². The first kappa shape index (κ1) is 19.5. The lowest BCUT2D eigenvalue weighted by atomic mass is 9.81. The fourth-order valence-corrected chi connectivity index (χ4v) is 4.27. The maximum absolute atomic E-state index is 12.7. The molecule has 1 fully saturated rings. The van der Waals surface area contributed by atoms with Gasteiger partial charge in [0.15, 0.2) is 37.0 Å². The van der Waals surface area contributed by atoms with Crippen LogP contribution in [0.1, 0.15) is 35.2 Å². The summed E-state index contributed by atoms with van der Waals surface area (Å²) in [6.45, 7) is 0. The van der Waals surface area contributed by atoms with Crippen LogP contribution < -0.4 is 0 Å². The molecule has 1 aliphatic rings. The van der Waals surface area contributed by atoms with E-state index in [2.05, 4.69) is 0 Å². The van der Waals surface area contributed by atoms with Gasteiger partial charge >= 0.3 is 0 Å². The summed E-state index contributed by atoms with van der Waals surface area (Å²) in [6, 6.07) is 3.46. The monoisotopic (exact) mass is 386 g/mol. The summed E-state index contributed by atoms with van der Waals surface area (Å²) in [5.74, 6) is -3.74. The number of carbonyl (C=O) groups excluding carboxylic acids is 3. The molecule has 1 aromatic carbocycles. The van der Waals surface area contributed by atoms with E-state index in [1.807, 2.05) is 0 Å².